The highest BCUT2D eigenvalue weighted by Crippen LogP contribution is 2.14. The first-order valence-electron chi connectivity index (χ1n) is 8.32. The third-order valence-corrected chi connectivity index (χ3v) is 4.05. The molecule has 2 rings (SSSR count). The minimum Gasteiger partial charge on any atom is -0.490 e. The zero-order chi connectivity index (χ0) is 18.8. The van der Waals surface area contributed by atoms with Crippen molar-refractivity contribution in [3.8, 4) is 11.5 Å². The second-order valence-electron chi connectivity index (χ2n) is 5.80. The summed E-state index contributed by atoms with van der Waals surface area (Å²) < 4.78 is 35.0. The van der Waals surface area contributed by atoms with E-state index in [1.54, 1.807) is 0 Å². The van der Waals surface area contributed by atoms with Gasteiger partial charge in [-0.3, -0.25) is 9.52 Å². The van der Waals surface area contributed by atoms with Crippen molar-refractivity contribution in [1.82, 2.24) is 4.72 Å². The molecule has 1 N–H and O–H groups in total. The Bertz CT molecular complexity index is 788. The Morgan fingerprint density at radius 3 is 2.08 bits per heavy atom. The van der Waals surface area contributed by atoms with Crippen LogP contribution in [0.5, 0.6) is 11.5 Å². The van der Waals surface area contributed by atoms with Gasteiger partial charge < -0.3 is 9.47 Å². The van der Waals surface area contributed by atoms with E-state index in [0.717, 1.165) is 23.3 Å². The molecule has 0 aliphatic rings. The molecule has 0 aliphatic heterocycles. The van der Waals surface area contributed by atoms with E-state index in [2.05, 4.69) is 0 Å². The molecule has 0 heterocycles. The standard InChI is InChI=1S/C19H23NO5S/c1-26(22,23)20-19(21)9-5-6-16-10-12-18(13-11-16)25-15-14-24-17-7-3-2-4-8-17/h2-4,7-8,10-13H,5-6,9,14-15H2,1H3,(H,20,21). The quantitative estimate of drug-likeness (QED) is 0.644. The van der Waals surface area contributed by atoms with Gasteiger partial charge >= 0.3 is 0 Å². The molecule has 0 saturated carbocycles. The van der Waals surface area contributed by atoms with Crippen LogP contribution in [0.25, 0.3) is 0 Å². The number of hydrogen-bond acceptors (Lipinski definition) is 5. The highest BCUT2D eigenvalue weighted by atomic mass is 32.2. The van der Waals surface area contributed by atoms with Crippen LogP contribution < -0.4 is 14.2 Å². The van der Waals surface area contributed by atoms with Gasteiger partial charge in [-0.05, 0) is 42.7 Å². The number of para-hydroxylation sites is 1. The lowest BCUT2D eigenvalue weighted by Gasteiger charge is -2.09. The number of aryl methyl sites for hydroxylation is 1. The fraction of sp³-hybridized carbons (Fsp3) is 0.316. The molecule has 1 amide bonds. The van der Waals surface area contributed by atoms with Gasteiger partial charge in [0, 0.05) is 6.42 Å². The van der Waals surface area contributed by atoms with Gasteiger partial charge in [-0.2, -0.15) is 0 Å². The number of ether oxygens (including phenoxy) is 2. The number of carbonyl (C=O) groups is 1. The van der Waals surface area contributed by atoms with Gasteiger partial charge in [0.15, 0.2) is 0 Å². The Morgan fingerprint density at radius 2 is 1.50 bits per heavy atom. The lowest BCUT2D eigenvalue weighted by molar-refractivity contribution is -0.119. The molecule has 0 bridgehead atoms. The van der Waals surface area contributed by atoms with Crippen LogP contribution in [0.4, 0.5) is 0 Å². The molecule has 0 radical (unpaired) electrons. The van der Waals surface area contributed by atoms with Crippen LogP contribution in [0.3, 0.4) is 0 Å². The van der Waals surface area contributed by atoms with Gasteiger partial charge in [-0.15, -0.1) is 0 Å². The van der Waals surface area contributed by atoms with E-state index in [1.807, 2.05) is 59.3 Å². The number of sulfonamides is 1. The largest absolute Gasteiger partial charge is 0.490 e. The van der Waals surface area contributed by atoms with Crippen LogP contribution in [0, 0.1) is 0 Å². The van der Waals surface area contributed by atoms with Crippen molar-refractivity contribution < 1.29 is 22.7 Å². The molecular weight excluding hydrogens is 354 g/mol. The molecule has 0 fully saturated rings. The van der Waals surface area contributed by atoms with E-state index >= 15 is 0 Å². The molecule has 0 aliphatic carbocycles. The second-order valence-corrected chi connectivity index (χ2v) is 7.55. The van der Waals surface area contributed by atoms with Crippen molar-refractivity contribution in [2.45, 2.75) is 19.3 Å². The zero-order valence-electron chi connectivity index (χ0n) is 14.7. The van der Waals surface area contributed by atoms with E-state index in [4.69, 9.17) is 9.47 Å². The smallest absolute Gasteiger partial charge is 0.233 e. The Kier molecular flexibility index (Phi) is 7.47. The number of nitrogens with one attached hydrogen (secondary N) is 1. The molecule has 0 atom stereocenters. The van der Waals surface area contributed by atoms with Crippen LogP contribution in [-0.2, 0) is 21.2 Å². The predicted molar refractivity (Wildman–Crippen MR) is 99.8 cm³/mol. The molecule has 7 heteroatoms. The fourth-order valence-electron chi connectivity index (χ4n) is 2.30. The topological polar surface area (TPSA) is 81.7 Å². The van der Waals surface area contributed by atoms with Crippen LogP contribution in [0.1, 0.15) is 18.4 Å². The van der Waals surface area contributed by atoms with Crippen LogP contribution in [0.2, 0.25) is 0 Å². The van der Waals surface area contributed by atoms with Gasteiger partial charge in [-0.25, -0.2) is 8.42 Å². The summed E-state index contributed by atoms with van der Waals surface area (Å²) in [7, 11) is -3.48. The lowest BCUT2D eigenvalue weighted by Crippen LogP contribution is -2.29. The summed E-state index contributed by atoms with van der Waals surface area (Å²) in [6.07, 6.45) is 2.40. The van der Waals surface area contributed by atoms with Gasteiger partial charge in [0.25, 0.3) is 0 Å². The first kappa shape index (κ1) is 19.8. The third-order valence-electron chi connectivity index (χ3n) is 3.46. The van der Waals surface area contributed by atoms with E-state index in [-0.39, 0.29) is 6.42 Å². The van der Waals surface area contributed by atoms with Crippen molar-refractivity contribution in [1.29, 1.82) is 0 Å². The van der Waals surface area contributed by atoms with Crippen molar-refractivity contribution in [3.63, 3.8) is 0 Å². The van der Waals surface area contributed by atoms with Crippen molar-refractivity contribution in [2.24, 2.45) is 0 Å². The summed E-state index contributed by atoms with van der Waals surface area (Å²) in [6, 6.07) is 17.2. The molecule has 26 heavy (non-hydrogen) atoms. The summed E-state index contributed by atoms with van der Waals surface area (Å²) in [6.45, 7) is 0.904. The van der Waals surface area contributed by atoms with E-state index in [0.29, 0.717) is 26.1 Å². The van der Waals surface area contributed by atoms with Crippen molar-refractivity contribution in [3.05, 3.63) is 60.2 Å². The highest BCUT2D eigenvalue weighted by molar-refractivity contribution is 7.89. The SMILES string of the molecule is CS(=O)(=O)NC(=O)CCCc1ccc(OCCOc2ccccc2)cc1. The van der Waals surface area contributed by atoms with Crippen LogP contribution >= 0.6 is 0 Å². The summed E-state index contributed by atoms with van der Waals surface area (Å²) in [4.78, 5) is 11.4. The second kappa shape index (κ2) is 9.82. The molecule has 140 valence electrons. The Labute approximate surface area is 154 Å². The summed E-state index contributed by atoms with van der Waals surface area (Å²) in [5, 5.41) is 0. The van der Waals surface area contributed by atoms with Crippen LogP contribution in [-0.4, -0.2) is 33.8 Å². The molecule has 0 spiro atoms. The molecule has 2 aromatic carbocycles. The minimum atomic E-state index is -3.48. The van der Waals surface area contributed by atoms with Crippen molar-refractivity contribution in [2.75, 3.05) is 19.5 Å². The highest BCUT2D eigenvalue weighted by Gasteiger charge is 2.07. The number of benzene rings is 2. The Morgan fingerprint density at radius 1 is 0.923 bits per heavy atom. The maximum atomic E-state index is 11.4. The van der Waals surface area contributed by atoms with E-state index in [1.165, 1.54) is 0 Å². The summed E-state index contributed by atoms with van der Waals surface area (Å²) in [5.41, 5.74) is 1.06. The molecule has 2 aromatic rings. The van der Waals surface area contributed by atoms with E-state index < -0.39 is 15.9 Å². The zero-order valence-corrected chi connectivity index (χ0v) is 15.5. The average Bonchev–Trinajstić information content (AvgIpc) is 2.59. The number of carbonyl (C=O) groups excluding carboxylic acids is 1. The molecule has 0 unspecified atom stereocenters. The lowest BCUT2D eigenvalue weighted by atomic mass is 10.1. The number of rotatable bonds is 10. The Hall–Kier alpha value is -2.54. The summed E-state index contributed by atoms with van der Waals surface area (Å²) in [5.74, 6) is 1.08. The normalized spacial score (nSPS) is 11.0. The maximum Gasteiger partial charge on any atom is 0.233 e. The third kappa shape index (κ3) is 8.02. The number of hydrogen-bond donors (Lipinski definition) is 1. The monoisotopic (exact) mass is 377 g/mol. The van der Waals surface area contributed by atoms with Crippen molar-refractivity contribution >= 4 is 15.9 Å². The first-order valence-corrected chi connectivity index (χ1v) is 10.2. The molecular formula is C19H23NO5S. The van der Waals surface area contributed by atoms with E-state index in [9.17, 15) is 13.2 Å². The maximum absolute atomic E-state index is 11.4. The Balaban J connectivity index is 1.65. The van der Waals surface area contributed by atoms with Gasteiger partial charge in [0.1, 0.15) is 24.7 Å². The van der Waals surface area contributed by atoms with Gasteiger partial charge in [-0.1, -0.05) is 30.3 Å². The average molecular weight is 377 g/mol. The fourth-order valence-corrected chi connectivity index (χ4v) is 2.81. The molecule has 0 aromatic heterocycles. The molecule has 0 saturated heterocycles. The molecule has 6 nitrogen and oxygen atoms in total. The predicted octanol–water partition coefficient (Wildman–Crippen LogP) is 2.54. The first-order chi connectivity index (χ1) is 12.4. The minimum absolute atomic E-state index is 0.169. The van der Waals surface area contributed by atoms with Crippen LogP contribution in [0.15, 0.2) is 54.6 Å². The summed E-state index contributed by atoms with van der Waals surface area (Å²) >= 11 is 0. The van der Waals surface area contributed by atoms with Gasteiger partial charge in [0.2, 0.25) is 15.9 Å². The number of amides is 1. The van der Waals surface area contributed by atoms with Gasteiger partial charge in [0.05, 0.1) is 6.26 Å².